The highest BCUT2D eigenvalue weighted by atomic mass is 19.1. The van der Waals surface area contributed by atoms with Crippen LogP contribution < -0.4 is 34.3 Å². The summed E-state index contributed by atoms with van der Waals surface area (Å²) >= 11 is 0. The van der Waals surface area contributed by atoms with Crippen LogP contribution in [0.25, 0.3) is 0 Å². The molecule has 0 spiro atoms. The van der Waals surface area contributed by atoms with Gasteiger partial charge in [0.2, 0.25) is 0 Å². The standard InChI is InChI=1S/C19H14F2N2O2.C13H18NO2.C12H15NO2.C11H11N3O.C11H9NO2.C9H8O2/c20-13-5-6-16(21)15(9-13)17(24)10-23-19-12(7-8-22)11-25-18-4-2-1-3-14(18)19;1-14(2,3)8-10-9-16-12-7-5-4-6-11(12)13(10)15;1-13(2)7-9-8-15-11-6-4-3-5-10(11)12(9)14;12-6-5-8-7-15-10-4-2-1-3-9(10)11(8)14-13;12-6-5-8-7-14-10-4-2-1-3-9(10)11(8)13;10-8-5-6-11-9-4-2-1-3-7(8)9/h1-6,9,12H,7,10-11H2;4-7,10H,8-9H2,1-3H3;3-6,9H,7-8H2,1-2H3;1-4,8H,5,7,13H2;1-4,8H,5,7H2;1-4H,5-6H2/q;+1;;;;/b;;;14-11-;;. The fraction of sp³-hybridized carbons (Fsp3) is 0.307. The summed E-state index contributed by atoms with van der Waals surface area (Å²) in [6.07, 6.45) is 1.31. The molecule has 0 fully saturated rings. The van der Waals surface area contributed by atoms with Crippen molar-refractivity contribution in [2.75, 3.05) is 94.5 Å². The van der Waals surface area contributed by atoms with E-state index >= 15 is 0 Å². The van der Waals surface area contributed by atoms with Gasteiger partial charge in [0.25, 0.3) is 0 Å². The first kappa shape index (κ1) is 70.9. The van der Waals surface area contributed by atoms with Crippen LogP contribution in [0, 0.1) is 75.2 Å². The van der Waals surface area contributed by atoms with E-state index in [-0.39, 0.29) is 84.3 Å². The minimum Gasteiger partial charge on any atom is -0.492 e. The van der Waals surface area contributed by atoms with Crippen LogP contribution in [0.3, 0.4) is 0 Å². The number of quaternary nitrogens is 1. The second-order valence-corrected chi connectivity index (χ2v) is 24.2. The quantitative estimate of drug-likeness (QED) is 0.0577. The Morgan fingerprint density at radius 2 is 0.885 bits per heavy atom. The normalized spacial score (nSPS) is 19.0. The lowest BCUT2D eigenvalue weighted by Gasteiger charge is -2.31. The number of aliphatic imine (C=N–C) groups is 1. The highest BCUT2D eigenvalue weighted by Gasteiger charge is 2.34. The summed E-state index contributed by atoms with van der Waals surface area (Å²) in [7, 11) is 10.2. The van der Waals surface area contributed by atoms with E-state index in [0.29, 0.717) is 74.2 Å². The number of nitrogens with zero attached hydrogens (tertiary/aromatic N) is 7. The molecule has 0 aromatic heterocycles. The van der Waals surface area contributed by atoms with Crippen LogP contribution in [0.15, 0.2) is 174 Å². The molecular weight excluding hydrogens is 1230 g/mol. The van der Waals surface area contributed by atoms with Gasteiger partial charge in [-0.05, 0) is 105 Å². The van der Waals surface area contributed by atoms with Gasteiger partial charge in [0, 0.05) is 49.3 Å². The number of carbonyl (C=O) groups is 5. The van der Waals surface area contributed by atoms with Crippen molar-refractivity contribution < 1.29 is 65.7 Å². The van der Waals surface area contributed by atoms with Crippen molar-refractivity contribution in [2.45, 2.75) is 25.7 Å². The maximum Gasteiger partial charge on any atom is 0.187 e. The molecular formula is C75H75F2N8O11+. The van der Waals surface area contributed by atoms with Crippen molar-refractivity contribution in [3.63, 3.8) is 0 Å². The number of fused-ring (bicyclic) bond motifs is 6. The van der Waals surface area contributed by atoms with Gasteiger partial charge in [0.1, 0.15) is 65.2 Å². The Bertz CT molecular complexity index is 4130. The third-order valence-electron chi connectivity index (χ3n) is 15.8. The minimum absolute atomic E-state index is 0.0186. The lowest BCUT2D eigenvalue weighted by Crippen LogP contribution is -2.44. The number of nitrogens with two attached hydrogens (primary N) is 1. The summed E-state index contributed by atoms with van der Waals surface area (Å²) < 4.78 is 60.8. The van der Waals surface area contributed by atoms with Gasteiger partial charge in [0.05, 0.1) is 136 Å². The number of benzene rings is 7. The van der Waals surface area contributed by atoms with Gasteiger partial charge >= 0.3 is 0 Å². The number of ketones is 5. The zero-order chi connectivity index (χ0) is 68.7. The second kappa shape index (κ2) is 34.3. The van der Waals surface area contributed by atoms with Crippen LogP contribution in [0.2, 0.25) is 0 Å². The van der Waals surface area contributed by atoms with E-state index in [1.54, 1.807) is 42.5 Å². The first-order valence-corrected chi connectivity index (χ1v) is 31.2. The van der Waals surface area contributed by atoms with Gasteiger partial charge in [-0.25, -0.2) is 8.78 Å². The Morgan fingerprint density at radius 1 is 0.510 bits per heavy atom. The number of rotatable bonds is 10. The van der Waals surface area contributed by atoms with Crippen molar-refractivity contribution in [3.8, 4) is 52.7 Å². The molecule has 5 unspecified atom stereocenters. The zero-order valence-corrected chi connectivity index (χ0v) is 54.1. The highest BCUT2D eigenvalue weighted by Crippen LogP contribution is 2.33. The molecule has 13 rings (SSSR count). The molecule has 0 amide bonds. The number of hydrazone groups is 1. The Hall–Kier alpha value is -10.9. The zero-order valence-electron chi connectivity index (χ0n) is 54.1. The van der Waals surface area contributed by atoms with Crippen LogP contribution in [-0.4, -0.2) is 144 Å². The molecule has 2 N–H and O–H groups in total. The molecule has 7 aromatic rings. The topological polar surface area (TPSA) is 266 Å². The van der Waals surface area contributed by atoms with Crippen molar-refractivity contribution in [2.24, 2.45) is 45.5 Å². The third-order valence-corrected chi connectivity index (χ3v) is 15.8. The Kier molecular flexibility index (Phi) is 25.3. The lowest BCUT2D eigenvalue weighted by molar-refractivity contribution is -0.872. The van der Waals surface area contributed by atoms with E-state index < -0.39 is 17.4 Å². The van der Waals surface area contributed by atoms with Gasteiger partial charge in [0.15, 0.2) is 28.9 Å². The fourth-order valence-electron chi connectivity index (χ4n) is 11.2. The summed E-state index contributed by atoms with van der Waals surface area (Å²) in [6, 6.07) is 53.1. The fourth-order valence-corrected chi connectivity index (χ4v) is 11.2. The maximum atomic E-state index is 13.7. The number of carbonyl (C=O) groups excluding carboxylic acids is 5. The molecule has 96 heavy (non-hydrogen) atoms. The van der Waals surface area contributed by atoms with E-state index in [2.05, 4.69) is 43.4 Å². The van der Waals surface area contributed by atoms with E-state index in [1.807, 2.05) is 128 Å². The Labute approximate surface area is 557 Å². The van der Waals surface area contributed by atoms with Crippen molar-refractivity contribution in [3.05, 3.63) is 214 Å². The molecule has 5 atom stereocenters. The summed E-state index contributed by atoms with van der Waals surface area (Å²) in [5.74, 6) is 7.47. The molecule has 21 heteroatoms. The second-order valence-electron chi connectivity index (χ2n) is 24.2. The Morgan fingerprint density at radius 3 is 1.34 bits per heavy atom. The van der Waals surface area contributed by atoms with E-state index in [4.69, 9.17) is 50.0 Å². The highest BCUT2D eigenvalue weighted by molar-refractivity contribution is 6.08. The molecule has 494 valence electrons. The van der Waals surface area contributed by atoms with E-state index in [9.17, 15) is 32.8 Å². The van der Waals surface area contributed by atoms with Gasteiger partial charge in [-0.1, -0.05) is 72.8 Å². The number of ether oxygens (including phenoxy) is 6. The molecule has 0 aliphatic carbocycles. The summed E-state index contributed by atoms with van der Waals surface area (Å²) in [5, 5.41) is 30.0. The van der Waals surface area contributed by atoms with E-state index in [1.165, 1.54) is 0 Å². The molecule has 6 aliphatic heterocycles. The smallest absolute Gasteiger partial charge is 0.187 e. The van der Waals surface area contributed by atoms with Crippen LogP contribution in [0.1, 0.15) is 88.6 Å². The number of nitriles is 3. The van der Waals surface area contributed by atoms with Crippen molar-refractivity contribution in [1.29, 1.82) is 15.8 Å². The Balaban J connectivity index is 0.000000150. The van der Waals surface area contributed by atoms with Crippen molar-refractivity contribution >= 4 is 40.3 Å². The summed E-state index contributed by atoms with van der Waals surface area (Å²) in [5.41, 5.74) is 5.38. The lowest BCUT2D eigenvalue weighted by atomic mass is 9.92. The molecule has 0 saturated carbocycles. The average Bonchev–Trinajstić information content (AvgIpc) is 0.875. The molecule has 0 radical (unpaired) electrons. The number of Topliss-reactive ketones (excluding diaryl/α,β-unsaturated/α-hetero) is 5. The summed E-state index contributed by atoms with van der Waals surface area (Å²) in [4.78, 5) is 65.8. The largest absolute Gasteiger partial charge is 0.492 e. The number of hydrogen-bond donors (Lipinski definition) is 1. The van der Waals surface area contributed by atoms with Gasteiger partial charge in [-0.2, -0.15) is 20.9 Å². The molecule has 0 saturated heterocycles. The van der Waals surface area contributed by atoms with E-state index in [0.717, 1.165) is 86.7 Å². The van der Waals surface area contributed by atoms with Crippen LogP contribution in [0.4, 0.5) is 8.78 Å². The van der Waals surface area contributed by atoms with Gasteiger partial charge in [-0.15, -0.1) is 0 Å². The molecule has 6 aliphatic rings. The number of halogens is 2. The molecule has 6 heterocycles. The first-order chi connectivity index (χ1) is 46.3. The third kappa shape index (κ3) is 18.9. The van der Waals surface area contributed by atoms with Crippen LogP contribution >= 0.6 is 0 Å². The van der Waals surface area contributed by atoms with Gasteiger partial charge < -0.3 is 43.6 Å². The number of para-hydroxylation sites is 6. The molecule has 0 bridgehead atoms. The van der Waals surface area contributed by atoms with Crippen LogP contribution in [0.5, 0.6) is 34.5 Å². The van der Waals surface area contributed by atoms with Gasteiger partial charge in [-0.3, -0.25) is 29.0 Å². The summed E-state index contributed by atoms with van der Waals surface area (Å²) in [6.45, 7) is 3.83. The maximum absolute atomic E-state index is 13.7. The monoisotopic (exact) mass is 1300 g/mol. The predicted molar refractivity (Wildman–Crippen MR) is 356 cm³/mol. The SMILES string of the molecule is CN(C)CC1COc2ccccc2C1=O.C[N+](C)(C)CC1COc2ccccc2C1=O.N#CCC1COc2ccccc2/C1=N\N.N#CCC1COc2ccccc2C1=NCC(=O)c1cc(F)ccc1F.N#CCC1COc2ccccc2C1=O.O=C1CCOc2ccccc21. The minimum atomic E-state index is -0.785. The molecule has 19 nitrogen and oxygen atoms in total. The number of hydrogen-bond acceptors (Lipinski definition) is 18. The first-order valence-electron chi connectivity index (χ1n) is 31.2. The average molecular weight is 1300 g/mol. The predicted octanol–water partition coefficient (Wildman–Crippen LogP) is 11.3. The van der Waals surface area contributed by atoms with Crippen molar-refractivity contribution in [1.82, 2.24) is 4.90 Å². The molecule has 7 aromatic carbocycles. The van der Waals surface area contributed by atoms with Crippen LogP contribution in [-0.2, 0) is 0 Å².